The second kappa shape index (κ2) is 5.59. The van der Waals surface area contributed by atoms with Crippen molar-refractivity contribution in [2.45, 2.75) is 23.6 Å². The Bertz CT molecular complexity index is 593. The fraction of sp³-hybridized carbons (Fsp3) is 0.133. The van der Waals surface area contributed by atoms with E-state index >= 15 is 0 Å². The molecule has 0 heterocycles. The molecular weight excluding hydrogens is 264 g/mol. The molecule has 2 rings (SSSR count). The molecule has 2 aromatic carbocycles. The van der Waals surface area contributed by atoms with Gasteiger partial charge in [0.15, 0.2) is 6.29 Å². The van der Waals surface area contributed by atoms with E-state index in [0.29, 0.717) is 10.6 Å². The number of benzene rings is 2. The lowest BCUT2D eigenvalue weighted by molar-refractivity contribution is 0.112. The van der Waals surface area contributed by atoms with Crippen LogP contribution >= 0.6 is 23.4 Å². The Balaban J connectivity index is 2.39. The van der Waals surface area contributed by atoms with Crippen LogP contribution in [0.15, 0.2) is 46.2 Å². The van der Waals surface area contributed by atoms with E-state index in [4.69, 9.17) is 11.6 Å². The Kier molecular flexibility index (Phi) is 4.10. The van der Waals surface area contributed by atoms with Crippen molar-refractivity contribution in [1.82, 2.24) is 0 Å². The third-order valence-corrected chi connectivity index (χ3v) is 4.14. The molecule has 0 bridgehead atoms. The van der Waals surface area contributed by atoms with Crippen molar-refractivity contribution >= 4 is 29.6 Å². The van der Waals surface area contributed by atoms with Crippen molar-refractivity contribution in [3.05, 3.63) is 58.1 Å². The molecule has 3 heteroatoms. The Morgan fingerprint density at radius 2 is 1.83 bits per heavy atom. The van der Waals surface area contributed by atoms with E-state index in [9.17, 15) is 4.79 Å². The summed E-state index contributed by atoms with van der Waals surface area (Å²) in [5.41, 5.74) is 3.11. The SMILES string of the molecule is Cc1ccc(Sc2cc(Cl)ccc2C=O)c(C)c1. The van der Waals surface area contributed by atoms with Crippen LogP contribution in [-0.4, -0.2) is 6.29 Å². The molecular formula is C15H13ClOS. The first-order valence-corrected chi connectivity index (χ1v) is 6.79. The van der Waals surface area contributed by atoms with E-state index < -0.39 is 0 Å². The maximum Gasteiger partial charge on any atom is 0.151 e. The third-order valence-electron chi connectivity index (χ3n) is 2.65. The molecule has 0 amide bonds. The number of rotatable bonds is 3. The van der Waals surface area contributed by atoms with E-state index in [-0.39, 0.29) is 0 Å². The van der Waals surface area contributed by atoms with Crippen LogP contribution < -0.4 is 0 Å². The lowest BCUT2D eigenvalue weighted by Gasteiger charge is -2.08. The highest BCUT2D eigenvalue weighted by Crippen LogP contribution is 2.34. The molecule has 0 N–H and O–H groups in total. The minimum Gasteiger partial charge on any atom is -0.298 e. The zero-order valence-electron chi connectivity index (χ0n) is 10.2. The molecule has 0 aliphatic rings. The summed E-state index contributed by atoms with van der Waals surface area (Å²) in [6.07, 6.45) is 0.863. The summed E-state index contributed by atoms with van der Waals surface area (Å²) in [7, 11) is 0. The van der Waals surface area contributed by atoms with Gasteiger partial charge in [-0.15, -0.1) is 0 Å². The van der Waals surface area contributed by atoms with E-state index in [2.05, 4.69) is 32.0 Å². The first-order chi connectivity index (χ1) is 8.60. The van der Waals surface area contributed by atoms with Crippen molar-refractivity contribution in [2.75, 3.05) is 0 Å². The minimum atomic E-state index is 0.646. The van der Waals surface area contributed by atoms with Crippen molar-refractivity contribution in [3.8, 4) is 0 Å². The molecule has 92 valence electrons. The summed E-state index contributed by atoms with van der Waals surface area (Å²) >= 11 is 7.55. The molecule has 0 aromatic heterocycles. The molecule has 2 aromatic rings. The Morgan fingerprint density at radius 3 is 2.50 bits per heavy atom. The van der Waals surface area contributed by atoms with Crippen LogP contribution in [-0.2, 0) is 0 Å². The predicted octanol–water partition coefficient (Wildman–Crippen LogP) is 4.92. The quantitative estimate of drug-likeness (QED) is 0.740. The molecule has 0 radical (unpaired) electrons. The van der Waals surface area contributed by atoms with E-state index in [1.54, 1.807) is 23.9 Å². The molecule has 0 saturated heterocycles. The summed E-state index contributed by atoms with van der Waals surface area (Å²) in [5, 5.41) is 0.646. The summed E-state index contributed by atoms with van der Waals surface area (Å²) in [5.74, 6) is 0. The highest BCUT2D eigenvalue weighted by Gasteiger charge is 2.07. The molecule has 0 fully saturated rings. The van der Waals surface area contributed by atoms with Gasteiger partial charge in [0, 0.05) is 20.4 Å². The van der Waals surface area contributed by atoms with Crippen LogP contribution in [0.3, 0.4) is 0 Å². The van der Waals surface area contributed by atoms with E-state index in [1.807, 2.05) is 6.07 Å². The number of halogens is 1. The van der Waals surface area contributed by atoms with Crippen LogP contribution in [0.1, 0.15) is 21.5 Å². The van der Waals surface area contributed by atoms with Gasteiger partial charge in [0.1, 0.15) is 0 Å². The highest BCUT2D eigenvalue weighted by molar-refractivity contribution is 7.99. The monoisotopic (exact) mass is 276 g/mol. The van der Waals surface area contributed by atoms with Gasteiger partial charge in [-0.05, 0) is 43.7 Å². The highest BCUT2D eigenvalue weighted by atomic mass is 35.5. The van der Waals surface area contributed by atoms with Crippen LogP contribution in [0, 0.1) is 13.8 Å². The van der Waals surface area contributed by atoms with Gasteiger partial charge in [0.25, 0.3) is 0 Å². The Labute approximate surface area is 116 Å². The average Bonchev–Trinajstić information content (AvgIpc) is 2.33. The lowest BCUT2D eigenvalue weighted by atomic mass is 10.2. The van der Waals surface area contributed by atoms with Gasteiger partial charge in [-0.2, -0.15) is 0 Å². The summed E-state index contributed by atoms with van der Waals surface area (Å²) in [6, 6.07) is 11.6. The van der Waals surface area contributed by atoms with Crippen molar-refractivity contribution in [2.24, 2.45) is 0 Å². The maximum absolute atomic E-state index is 11.0. The molecule has 18 heavy (non-hydrogen) atoms. The normalized spacial score (nSPS) is 10.4. The summed E-state index contributed by atoms with van der Waals surface area (Å²) < 4.78 is 0. The van der Waals surface area contributed by atoms with Gasteiger partial charge in [-0.1, -0.05) is 41.1 Å². The predicted molar refractivity (Wildman–Crippen MR) is 76.9 cm³/mol. The van der Waals surface area contributed by atoms with Crippen LogP contribution in [0.25, 0.3) is 0 Å². The van der Waals surface area contributed by atoms with Crippen LogP contribution in [0.2, 0.25) is 5.02 Å². The maximum atomic E-state index is 11.0. The van der Waals surface area contributed by atoms with Crippen molar-refractivity contribution < 1.29 is 4.79 Å². The number of carbonyl (C=O) groups is 1. The second-order valence-electron chi connectivity index (χ2n) is 4.17. The smallest absolute Gasteiger partial charge is 0.151 e. The van der Waals surface area contributed by atoms with Gasteiger partial charge in [0.2, 0.25) is 0 Å². The fourth-order valence-corrected chi connectivity index (χ4v) is 2.98. The minimum absolute atomic E-state index is 0.646. The first kappa shape index (κ1) is 13.2. The number of hydrogen-bond acceptors (Lipinski definition) is 2. The molecule has 1 nitrogen and oxygen atoms in total. The van der Waals surface area contributed by atoms with Crippen molar-refractivity contribution in [3.63, 3.8) is 0 Å². The number of aldehydes is 1. The Morgan fingerprint density at radius 1 is 1.06 bits per heavy atom. The fourth-order valence-electron chi connectivity index (χ4n) is 1.73. The van der Waals surface area contributed by atoms with E-state index in [1.165, 1.54) is 11.1 Å². The molecule has 0 unspecified atom stereocenters. The number of aryl methyl sites for hydroxylation is 2. The Hall–Kier alpha value is -1.25. The summed E-state index contributed by atoms with van der Waals surface area (Å²) in [4.78, 5) is 13.0. The molecule has 0 saturated carbocycles. The zero-order chi connectivity index (χ0) is 13.1. The average molecular weight is 277 g/mol. The van der Waals surface area contributed by atoms with Gasteiger partial charge < -0.3 is 0 Å². The van der Waals surface area contributed by atoms with Gasteiger partial charge in [0.05, 0.1) is 0 Å². The number of carbonyl (C=O) groups excluding carboxylic acids is 1. The third kappa shape index (κ3) is 2.95. The van der Waals surface area contributed by atoms with E-state index in [0.717, 1.165) is 16.1 Å². The largest absolute Gasteiger partial charge is 0.298 e. The van der Waals surface area contributed by atoms with Crippen LogP contribution in [0.5, 0.6) is 0 Å². The second-order valence-corrected chi connectivity index (χ2v) is 5.69. The molecule has 0 atom stereocenters. The first-order valence-electron chi connectivity index (χ1n) is 5.60. The van der Waals surface area contributed by atoms with Gasteiger partial charge in [-0.25, -0.2) is 0 Å². The standard InChI is InChI=1S/C15H13ClOS/c1-10-3-6-14(11(2)7-10)18-15-8-13(16)5-4-12(15)9-17/h3-9H,1-2H3. The van der Waals surface area contributed by atoms with Gasteiger partial charge >= 0.3 is 0 Å². The number of hydrogen-bond donors (Lipinski definition) is 0. The molecule has 0 spiro atoms. The topological polar surface area (TPSA) is 17.1 Å². The van der Waals surface area contributed by atoms with Crippen molar-refractivity contribution in [1.29, 1.82) is 0 Å². The molecule has 0 aliphatic heterocycles. The van der Waals surface area contributed by atoms with Crippen LogP contribution in [0.4, 0.5) is 0 Å². The zero-order valence-corrected chi connectivity index (χ0v) is 11.8. The summed E-state index contributed by atoms with van der Waals surface area (Å²) in [6.45, 7) is 4.14. The molecule has 0 aliphatic carbocycles. The lowest BCUT2D eigenvalue weighted by Crippen LogP contribution is -1.87. The van der Waals surface area contributed by atoms with Gasteiger partial charge in [-0.3, -0.25) is 4.79 Å².